The van der Waals surface area contributed by atoms with Crippen molar-refractivity contribution in [2.75, 3.05) is 13.2 Å². The zero-order valence-corrected chi connectivity index (χ0v) is 56.6. The molecule has 11 nitrogen and oxygen atoms in total. The van der Waals surface area contributed by atoms with Crippen molar-refractivity contribution < 1.29 is 49.3 Å². The molecule has 8 unspecified atom stereocenters. The van der Waals surface area contributed by atoms with E-state index in [1.54, 1.807) is 6.08 Å². The summed E-state index contributed by atoms with van der Waals surface area (Å²) in [5.41, 5.74) is 0. The molecule has 0 saturated carbocycles. The van der Waals surface area contributed by atoms with Crippen LogP contribution < -0.4 is 5.32 Å². The molecule has 88 heavy (non-hydrogen) atoms. The summed E-state index contributed by atoms with van der Waals surface area (Å²) in [6.07, 6.45) is 75.8. The van der Waals surface area contributed by atoms with E-state index in [1.165, 1.54) is 161 Å². The first-order valence-corrected chi connectivity index (χ1v) is 36.5. The molecule has 1 rings (SSSR count). The maximum Gasteiger partial charge on any atom is 0.306 e. The normalized spacial score (nSPS) is 18.8. The Bertz CT molecular complexity index is 1800. The first-order chi connectivity index (χ1) is 43.2. The number of ether oxygens (including phenoxy) is 3. The molecule has 6 N–H and O–H groups in total. The van der Waals surface area contributed by atoms with Gasteiger partial charge in [-0.25, -0.2) is 0 Å². The summed E-state index contributed by atoms with van der Waals surface area (Å²) in [5.74, 6) is -1.20. The van der Waals surface area contributed by atoms with Crippen LogP contribution in [0.1, 0.15) is 316 Å². The van der Waals surface area contributed by atoms with E-state index in [1.807, 2.05) is 6.08 Å². The quantitative estimate of drug-likeness (QED) is 0.0195. The zero-order valence-electron chi connectivity index (χ0n) is 56.6. The predicted molar refractivity (Wildman–Crippen MR) is 370 cm³/mol. The number of aliphatic hydroxyl groups is 5. The van der Waals surface area contributed by atoms with Crippen molar-refractivity contribution in [2.24, 2.45) is 0 Å². The second-order valence-corrected chi connectivity index (χ2v) is 25.0. The topological polar surface area (TPSA) is 175 Å². The molecule has 1 aliphatic heterocycles. The average Bonchev–Trinajstić information content (AvgIpc) is 1.25. The van der Waals surface area contributed by atoms with Gasteiger partial charge in [-0.1, -0.05) is 298 Å². The molecule has 0 aromatic carbocycles. The molecule has 11 heteroatoms. The van der Waals surface area contributed by atoms with Gasteiger partial charge < -0.3 is 45.1 Å². The van der Waals surface area contributed by atoms with E-state index < -0.39 is 67.4 Å². The standard InChI is InChI=1S/C77H135NO10/c1-4-7-10-13-16-19-22-25-27-29-31-33-34-35-36-37-39-40-42-44-46-49-52-55-58-61-64-70(81)76(85)78-68(69(80)63-60-57-54-51-48-24-21-18-15-12-9-6-3)67-86-77-75(74(84)73(83)71(66-79)87-77)88-72(82)65-62-59-56-53-50-47-45-43-41-38-32-30-28-26-23-20-17-14-11-8-5-2/h16-17,19-20,25-28,31-33,35-36,38,60,63,68-71,73-75,77,79-81,83-84H,4-15,18,21-24,29-30,34,37,39-59,61-62,64-67H2,1-3H3,(H,78,85)/b19-16-,20-17-,27-25-,28-26-,33-31-,36-35-,38-32-,63-60+. The van der Waals surface area contributed by atoms with E-state index in [-0.39, 0.29) is 19.4 Å². The van der Waals surface area contributed by atoms with Crippen LogP contribution in [-0.4, -0.2) is 99.6 Å². The second-order valence-electron chi connectivity index (χ2n) is 25.0. The van der Waals surface area contributed by atoms with Gasteiger partial charge in [0.1, 0.15) is 24.4 Å². The molecule has 0 bridgehead atoms. The number of aliphatic hydroxyl groups excluding tert-OH is 5. The Balaban J connectivity index is 2.57. The van der Waals surface area contributed by atoms with Crippen molar-refractivity contribution in [3.8, 4) is 0 Å². The van der Waals surface area contributed by atoms with Crippen LogP contribution in [0.5, 0.6) is 0 Å². The SMILES string of the molecule is CCCCC/C=C\C/C=C\C/C=C\C/C=C\CCCCCCCCCCCCC(O)C(=O)NC(COC1OC(CO)C(O)C(O)C1OC(=O)CCCCCCCCCC/C=C\C/C=C\C/C=C\CCCCC)C(O)/C=C/CCCCCCCCCCCC. The lowest BCUT2D eigenvalue weighted by Gasteiger charge is -2.41. The van der Waals surface area contributed by atoms with Gasteiger partial charge in [-0.2, -0.15) is 0 Å². The minimum atomic E-state index is -1.62. The molecule has 0 aliphatic carbocycles. The van der Waals surface area contributed by atoms with Gasteiger partial charge in [0.25, 0.3) is 0 Å². The summed E-state index contributed by atoms with van der Waals surface area (Å²) in [7, 11) is 0. The van der Waals surface area contributed by atoms with Crippen molar-refractivity contribution in [3.63, 3.8) is 0 Å². The molecule has 0 aromatic heterocycles. The van der Waals surface area contributed by atoms with Crippen LogP contribution >= 0.6 is 0 Å². The molecule has 1 heterocycles. The number of carbonyl (C=O) groups excluding carboxylic acids is 2. The van der Waals surface area contributed by atoms with E-state index in [9.17, 15) is 35.1 Å². The Morgan fingerprint density at radius 3 is 1.19 bits per heavy atom. The van der Waals surface area contributed by atoms with Crippen LogP contribution in [0.2, 0.25) is 0 Å². The van der Waals surface area contributed by atoms with Gasteiger partial charge in [0.05, 0.1) is 25.4 Å². The third-order valence-corrected chi connectivity index (χ3v) is 16.7. The molecule has 1 aliphatic rings. The van der Waals surface area contributed by atoms with Gasteiger partial charge in [0, 0.05) is 6.42 Å². The van der Waals surface area contributed by atoms with E-state index in [0.29, 0.717) is 12.8 Å². The Kier molecular flexibility index (Phi) is 59.8. The number of nitrogens with one attached hydrogen (secondary N) is 1. The van der Waals surface area contributed by atoms with Crippen LogP contribution in [0.4, 0.5) is 0 Å². The number of carbonyl (C=O) groups is 2. The summed E-state index contributed by atoms with van der Waals surface area (Å²) < 4.78 is 17.7. The fourth-order valence-electron chi connectivity index (χ4n) is 10.9. The van der Waals surface area contributed by atoms with Crippen LogP contribution in [0, 0.1) is 0 Å². The summed E-state index contributed by atoms with van der Waals surface area (Å²) in [4.78, 5) is 26.7. The fraction of sp³-hybridized carbons (Fsp3) is 0.766. The van der Waals surface area contributed by atoms with Crippen LogP contribution in [0.25, 0.3) is 0 Å². The number of esters is 1. The summed E-state index contributed by atoms with van der Waals surface area (Å²) in [6, 6.07) is -1.03. The van der Waals surface area contributed by atoms with Gasteiger partial charge in [0.2, 0.25) is 5.91 Å². The maximum absolute atomic E-state index is 13.5. The Labute approximate surface area is 539 Å². The number of hydrogen-bond donors (Lipinski definition) is 6. The minimum Gasteiger partial charge on any atom is -0.454 e. The lowest BCUT2D eigenvalue weighted by atomic mass is 9.99. The average molecular weight is 1230 g/mol. The molecule has 0 radical (unpaired) electrons. The first-order valence-electron chi connectivity index (χ1n) is 36.5. The van der Waals surface area contributed by atoms with Crippen LogP contribution in [0.15, 0.2) is 97.2 Å². The second kappa shape index (κ2) is 63.7. The highest BCUT2D eigenvalue weighted by Crippen LogP contribution is 2.26. The number of hydrogen-bond acceptors (Lipinski definition) is 10. The first kappa shape index (κ1) is 82.6. The molecule has 1 amide bonds. The Morgan fingerprint density at radius 1 is 0.443 bits per heavy atom. The summed E-state index contributed by atoms with van der Waals surface area (Å²) in [6.45, 7) is 5.75. The number of amides is 1. The molecule has 8 atom stereocenters. The molecule has 508 valence electrons. The fourth-order valence-corrected chi connectivity index (χ4v) is 10.9. The van der Waals surface area contributed by atoms with E-state index >= 15 is 0 Å². The Hall–Kier alpha value is -3.42. The van der Waals surface area contributed by atoms with Crippen molar-refractivity contribution >= 4 is 11.9 Å². The largest absolute Gasteiger partial charge is 0.454 e. The third-order valence-electron chi connectivity index (χ3n) is 16.7. The minimum absolute atomic E-state index is 0.112. The number of allylic oxidation sites excluding steroid dienone is 15. The van der Waals surface area contributed by atoms with Gasteiger partial charge >= 0.3 is 5.97 Å². The molecule has 1 saturated heterocycles. The monoisotopic (exact) mass is 1230 g/mol. The van der Waals surface area contributed by atoms with Gasteiger partial charge in [-0.15, -0.1) is 0 Å². The van der Waals surface area contributed by atoms with E-state index in [0.717, 1.165) is 109 Å². The molecular weight excluding hydrogens is 1100 g/mol. The smallest absolute Gasteiger partial charge is 0.306 e. The zero-order chi connectivity index (χ0) is 63.9. The lowest BCUT2D eigenvalue weighted by Crippen LogP contribution is -2.61. The van der Waals surface area contributed by atoms with Crippen LogP contribution in [0.3, 0.4) is 0 Å². The van der Waals surface area contributed by atoms with Gasteiger partial charge in [-0.3, -0.25) is 9.59 Å². The highest BCUT2D eigenvalue weighted by molar-refractivity contribution is 5.80. The van der Waals surface area contributed by atoms with Crippen molar-refractivity contribution in [1.82, 2.24) is 5.32 Å². The summed E-state index contributed by atoms with van der Waals surface area (Å²) >= 11 is 0. The summed E-state index contributed by atoms with van der Waals surface area (Å²) in [5, 5.41) is 57.3. The van der Waals surface area contributed by atoms with E-state index in [2.05, 4.69) is 111 Å². The third kappa shape index (κ3) is 50.3. The molecular formula is C77H135NO10. The predicted octanol–water partition coefficient (Wildman–Crippen LogP) is 19.0. The van der Waals surface area contributed by atoms with Crippen LogP contribution in [-0.2, 0) is 23.8 Å². The number of unbranched alkanes of at least 4 members (excludes halogenated alkanes) is 34. The highest BCUT2D eigenvalue weighted by atomic mass is 16.7. The highest BCUT2D eigenvalue weighted by Gasteiger charge is 2.47. The maximum atomic E-state index is 13.5. The van der Waals surface area contributed by atoms with Crippen molar-refractivity contribution in [2.45, 2.75) is 365 Å². The van der Waals surface area contributed by atoms with Crippen molar-refractivity contribution in [1.29, 1.82) is 0 Å². The van der Waals surface area contributed by atoms with E-state index in [4.69, 9.17) is 14.2 Å². The lowest BCUT2D eigenvalue weighted by molar-refractivity contribution is -0.305. The molecule has 0 spiro atoms. The molecule has 0 aromatic rings. The van der Waals surface area contributed by atoms with Gasteiger partial charge in [0.15, 0.2) is 12.4 Å². The van der Waals surface area contributed by atoms with Gasteiger partial charge in [-0.05, 0) is 109 Å². The molecule has 1 fully saturated rings. The Morgan fingerprint density at radius 2 is 0.784 bits per heavy atom. The van der Waals surface area contributed by atoms with Crippen molar-refractivity contribution in [3.05, 3.63) is 97.2 Å². The number of rotatable bonds is 62.